The van der Waals surface area contributed by atoms with Crippen molar-refractivity contribution in [1.29, 1.82) is 0 Å². The molecule has 0 spiro atoms. The molecule has 112 valence electrons. The topological polar surface area (TPSA) is 98.9 Å². The van der Waals surface area contributed by atoms with Gasteiger partial charge < -0.3 is 14.6 Å². The van der Waals surface area contributed by atoms with Gasteiger partial charge in [-0.25, -0.2) is 4.79 Å². The highest BCUT2D eigenvalue weighted by Crippen LogP contribution is 2.38. The van der Waals surface area contributed by atoms with Crippen LogP contribution in [0.4, 0.5) is 23.7 Å². The second-order valence-corrected chi connectivity index (χ2v) is 3.93. The number of nitro benzene ring substituents is 1. The van der Waals surface area contributed by atoms with Gasteiger partial charge in [-0.1, -0.05) is 0 Å². The molecule has 10 heteroatoms. The van der Waals surface area contributed by atoms with Gasteiger partial charge in [0.2, 0.25) is 0 Å². The number of ether oxygens (including phenoxy) is 2. The maximum absolute atomic E-state index is 12.8. The first-order chi connectivity index (χ1) is 9.68. The van der Waals surface area contributed by atoms with Gasteiger partial charge >= 0.3 is 12.3 Å². The van der Waals surface area contributed by atoms with Crippen LogP contribution in [0.1, 0.15) is 5.56 Å². The Balaban J connectivity index is 2.49. The highest BCUT2D eigenvalue weighted by atomic mass is 19.4. The van der Waals surface area contributed by atoms with Crippen molar-refractivity contribution >= 4 is 17.9 Å². The number of halogens is 3. The van der Waals surface area contributed by atoms with Crippen molar-refractivity contribution < 1.29 is 37.5 Å². The Morgan fingerprint density at radius 2 is 2.10 bits per heavy atom. The molecular formula is C11H6F3NO6. The van der Waals surface area contributed by atoms with Crippen LogP contribution in [-0.4, -0.2) is 28.5 Å². The molecule has 0 aromatic heterocycles. The molecule has 1 atom stereocenters. The first kappa shape index (κ1) is 14.6. The molecule has 1 aliphatic rings. The summed E-state index contributed by atoms with van der Waals surface area (Å²) < 4.78 is 47.1. The molecule has 1 heterocycles. The monoisotopic (exact) mass is 305 g/mol. The average molecular weight is 305 g/mol. The van der Waals surface area contributed by atoms with E-state index in [1.165, 1.54) is 0 Å². The van der Waals surface area contributed by atoms with Crippen molar-refractivity contribution in [2.24, 2.45) is 0 Å². The van der Waals surface area contributed by atoms with Gasteiger partial charge in [0.15, 0.2) is 5.76 Å². The van der Waals surface area contributed by atoms with Gasteiger partial charge in [0.1, 0.15) is 5.75 Å². The van der Waals surface area contributed by atoms with Crippen molar-refractivity contribution in [2.75, 3.05) is 0 Å². The standard InChI is InChI=1S/C11H6F3NO6/c12-11(13,14)9-8(21-10(16)17)4-5-3-6(15(18)19)1-2-7(5)20-9/h1-4,9H,(H,16,17). The van der Waals surface area contributed by atoms with Gasteiger partial charge in [-0.05, 0) is 12.1 Å². The second-order valence-electron chi connectivity index (χ2n) is 3.93. The quantitative estimate of drug-likeness (QED) is 0.512. The van der Waals surface area contributed by atoms with Crippen LogP contribution in [0.25, 0.3) is 6.08 Å². The first-order valence-corrected chi connectivity index (χ1v) is 5.32. The Labute approximate surface area is 114 Å². The number of hydrogen-bond donors (Lipinski definition) is 1. The molecule has 1 aromatic carbocycles. The number of fused-ring (bicyclic) bond motifs is 1. The molecule has 1 aliphatic heterocycles. The lowest BCUT2D eigenvalue weighted by atomic mass is 10.1. The molecule has 0 saturated carbocycles. The van der Waals surface area contributed by atoms with Crippen molar-refractivity contribution in [3.8, 4) is 5.75 Å². The van der Waals surface area contributed by atoms with Gasteiger partial charge in [0.25, 0.3) is 11.8 Å². The molecule has 0 aliphatic carbocycles. The van der Waals surface area contributed by atoms with Crippen molar-refractivity contribution in [3.05, 3.63) is 39.6 Å². The highest BCUT2D eigenvalue weighted by Gasteiger charge is 2.48. The third-order valence-corrected chi connectivity index (χ3v) is 2.51. The fraction of sp³-hybridized carbons (Fsp3) is 0.182. The van der Waals surface area contributed by atoms with E-state index in [9.17, 15) is 28.1 Å². The molecule has 0 amide bonds. The van der Waals surface area contributed by atoms with Crippen molar-refractivity contribution in [3.63, 3.8) is 0 Å². The number of nitrogens with zero attached hydrogens (tertiary/aromatic N) is 1. The van der Waals surface area contributed by atoms with Gasteiger partial charge in [-0.15, -0.1) is 0 Å². The summed E-state index contributed by atoms with van der Waals surface area (Å²) in [5.41, 5.74) is -0.463. The largest absolute Gasteiger partial charge is 0.511 e. The Kier molecular flexibility index (Phi) is 3.45. The zero-order valence-electron chi connectivity index (χ0n) is 9.96. The van der Waals surface area contributed by atoms with Crippen LogP contribution < -0.4 is 4.74 Å². The molecule has 2 rings (SSSR count). The first-order valence-electron chi connectivity index (χ1n) is 5.32. The minimum absolute atomic E-state index is 0.0825. The molecule has 0 saturated heterocycles. The van der Waals surface area contributed by atoms with E-state index in [1.54, 1.807) is 0 Å². The molecular weight excluding hydrogens is 299 g/mol. The normalized spacial score (nSPS) is 17.3. The number of benzene rings is 1. The van der Waals surface area contributed by atoms with E-state index < -0.39 is 29.1 Å². The van der Waals surface area contributed by atoms with Crippen LogP contribution in [0.15, 0.2) is 24.0 Å². The summed E-state index contributed by atoms with van der Waals surface area (Å²) >= 11 is 0. The molecule has 0 fully saturated rings. The van der Waals surface area contributed by atoms with Crippen molar-refractivity contribution in [2.45, 2.75) is 12.3 Å². The zero-order valence-corrected chi connectivity index (χ0v) is 9.96. The Morgan fingerprint density at radius 1 is 1.43 bits per heavy atom. The summed E-state index contributed by atoms with van der Waals surface area (Å²) in [5.74, 6) is -1.27. The molecule has 1 unspecified atom stereocenters. The second kappa shape index (κ2) is 4.96. The highest BCUT2D eigenvalue weighted by molar-refractivity contribution is 5.68. The predicted octanol–water partition coefficient (Wildman–Crippen LogP) is 2.95. The van der Waals surface area contributed by atoms with Crippen molar-refractivity contribution in [1.82, 2.24) is 0 Å². The minimum Gasteiger partial charge on any atom is -0.472 e. The Morgan fingerprint density at radius 3 is 2.62 bits per heavy atom. The van der Waals surface area contributed by atoms with E-state index in [2.05, 4.69) is 9.47 Å². The average Bonchev–Trinajstić information content (AvgIpc) is 2.35. The predicted molar refractivity (Wildman–Crippen MR) is 60.7 cm³/mol. The molecule has 21 heavy (non-hydrogen) atoms. The molecule has 1 aromatic rings. The van der Waals surface area contributed by atoms with E-state index in [4.69, 9.17) is 5.11 Å². The summed E-state index contributed by atoms with van der Waals surface area (Å²) in [6.07, 6.45) is -8.70. The number of nitro groups is 1. The fourth-order valence-corrected chi connectivity index (χ4v) is 1.70. The summed E-state index contributed by atoms with van der Waals surface area (Å²) in [4.78, 5) is 20.3. The maximum atomic E-state index is 12.8. The van der Waals surface area contributed by atoms with Crippen LogP contribution in [0.5, 0.6) is 5.75 Å². The van der Waals surface area contributed by atoms with Gasteiger partial charge in [0, 0.05) is 17.7 Å². The summed E-state index contributed by atoms with van der Waals surface area (Å²) in [5, 5.41) is 19.1. The van der Waals surface area contributed by atoms with E-state index in [0.29, 0.717) is 0 Å². The van der Waals surface area contributed by atoms with E-state index in [-0.39, 0.29) is 17.0 Å². The number of non-ortho nitro benzene ring substituents is 1. The van der Waals surface area contributed by atoms with Gasteiger partial charge in [-0.3, -0.25) is 10.1 Å². The number of rotatable bonds is 2. The minimum atomic E-state index is -4.90. The van der Waals surface area contributed by atoms with E-state index >= 15 is 0 Å². The van der Waals surface area contributed by atoms with E-state index in [1.807, 2.05) is 0 Å². The molecule has 0 radical (unpaired) electrons. The van der Waals surface area contributed by atoms with Gasteiger partial charge in [0.05, 0.1) is 4.92 Å². The fourth-order valence-electron chi connectivity index (χ4n) is 1.70. The molecule has 7 nitrogen and oxygen atoms in total. The third-order valence-electron chi connectivity index (χ3n) is 2.51. The maximum Gasteiger partial charge on any atom is 0.511 e. The summed E-state index contributed by atoms with van der Waals surface area (Å²) in [6, 6.07) is 2.93. The number of carbonyl (C=O) groups is 1. The van der Waals surface area contributed by atoms with Crippen LogP contribution in [0.2, 0.25) is 0 Å². The summed E-state index contributed by atoms with van der Waals surface area (Å²) in [7, 11) is 0. The molecule has 1 N–H and O–H groups in total. The SMILES string of the molecule is O=C(O)OC1=Cc2cc([N+](=O)[O-])ccc2OC1C(F)(F)F. The number of alkyl halides is 3. The van der Waals surface area contributed by atoms with E-state index in [0.717, 1.165) is 24.3 Å². The smallest absolute Gasteiger partial charge is 0.472 e. The Hall–Kier alpha value is -2.78. The third kappa shape index (κ3) is 3.04. The summed E-state index contributed by atoms with van der Waals surface area (Å²) in [6.45, 7) is 0. The molecule has 0 bridgehead atoms. The van der Waals surface area contributed by atoms with Crippen LogP contribution in [-0.2, 0) is 4.74 Å². The lowest BCUT2D eigenvalue weighted by Gasteiger charge is -2.27. The lowest BCUT2D eigenvalue weighted by molar-refractivity contribution is -0.384. The van der Waals surface area contributed by atoms with Crippen LogP contribution >= 0.6 is 0 Å². The van der Waals surface area contributed by atoms with Gasteiger partial charge in [-0.2, -0.15) is 13.2 Å². The Bertz CT molecular complexity index is 639. The van der Waals surface area contributed by atoms with Crippen LogP contribution in [0.3, 0.4) is 0 Å². The van der Waals surface area contributed by atoms with Crippen LogP contribution in [0, 0.1) is 10.1 Å². The lowest BCUT2D eigenvalue weighted by Crippen LogP contribution is -2.39. The number of carboxylic acid groups (broad SMARTS) is 1. The zero-order chi connectivity index (χ0) is 15.8. The number of hydrogen-bond acceptors (Lipinski definition) is 5.